The van der Waals surface area contributed by atoms with Crippen LogP contribution in [-0.4, -0.2) is 50.2 Å². The molecular weight excluding hydrogens is 454 g/mol. The molecule has 1 saturated heterocycles. The maximum absolute atomic E-state index is 6.88. The first-order chi connectivity index (χ1) is 17.1. The van der Waals surface area contributed by atoms with E-state index in [1.165, 1.54) is 5.56 Å². The quantitative estimate of drug-likeness (QED) is 0.406. The van der Waals surface area contributed by atoms with E-state index in [2.05, 4.69) is 64.9 Å². The number of para-hydroxylation sites is 1. The van der Waals surface area contributed by atoms with E-state index >= 15 is 0 Å². The lowest BCUT2D eigenvalue weighted by Gasteiger charge is -2.50. The topological polar surface area (TPSA) is 46.2 Å². The summed E-state index contributed by atoms with van der Waals surface area (Å²) in [6.45, 7) is 7.69. The fourth-order valence-corrected chi connectivity index (χ4v) is 6.40. The minimum absolute atomic E-state index is 0.0394. The predicted octanol–water partition coefficient (Wildman–Crippen LogP) is 5.20. The molecule has 4 aliphatic heterocycles. The number of benzene rings is 2. The molecule has 2 aromatic carbocycles. The Morgan fingerprint density at radius 3 is 2.69 bits per heavy atom. The van der Waals surface area contributed by atoms with Crippen LogP contribution in [0.2, 0.25) is 0 Å². The molecule has 36 heavy (non-hydrogen) atoms. The molecule has 6 rings (SSSR count). The summed E-state index contributed by atoms with van der Waals surface area (Å²) >= 11 is 0. The average molecular weight is 491 g/mol. The van der Waals surface area contributed by atoms with Crippen LogP contribution in [0.3, 0.4) is 0 Å². The van der Waals surface area contributed by atoms with Crippen LogP contribution >= 0.6 is 0 Å². The Morgan fingerprint density at radius 2 is 1.89 bits per heavy atom. The second kappa shape index (κ2) is 8.06. The number of quaternary nitrogens is 1. The number of hydrogen-bond donors (Lipinski definition) is 0. The SMILES string of the molecule is COc1c2c(cc3c1[C@H](C#C[C@@]1(C)CC[C@H]4[C@@H](O1)c1ccccc1OC4(C)C)[N+](C)(C)CC3)OCO2. The van der Waals surface area contributed by atoms with Gasteiger partial charge in [-0.15, -0.1) is 0 Å². The maximum Gasteiger partial charge on any atom is 0.231 e. The van der Waals surface area contributed by atoms with Gasteiger partial charge in [-0.25, -0.2) is 0 Å². The van der Waals surface area contributed by atoms with Gasteiger partial charge in [0.25, 0.3) is 0 Å². The maximum atomic E-state index is 6.88. The highest BCUT2D eigenvalue weighted by Gasteiger charge is 2.50. The second-order valence-electron chi connectivity index (χ2n) is 11.8. The molecule has 4 heterocycles. The van der Waals surface area contributed by atoms with Crippen molar-refractivity contribution in [2.75, 3.05) is 34.5 Å². The first kappa shape index (κ1) is 23.5. The molecule has 0 unspecified atom stereocenters. The van der Waals surface area contributed by atoms with Gasteiger partial charge in [0.2, 0.25) is 12.5 Å². The largest absolute Gasteiger partial charge is 0.492 e. The van der Waals surface area contributed by atoms with Gasteiger partial charge in [0.1, 0.15) is 17.0 Å². The molecule has 0 amide bonds. The molecule has 190 valence electrons. The van der Waals surface area contributed by atoms with Crippen LogP contribution in [0, 0.1) is 17.8 Å². The fourth-order valence-electron chi connectivity index (χ4n) is 6.40. The summed E-state index contributed by atoms with van der Waals surface area (Å²) in [5.41, 5.74) is 2.62. The lowest BCUT2D eigenvalue weighted by Crippen LogP contribution is -2.51. The van der Waals surface area contributed by atoms with Crippen molar-refractivity contribution in [2.45, 2.75) is 63.4 Å². The molecule has 4 atom stereocenters. The first-order valence-electron chi connectivity index (χ1n) is 12.9. The van der Waals surface area contributed by atoms with Gasteiger partial charge >= 0.3 is 0 Å². The van der Waals surface area contributed by atoms with Gasteiger partial charge < -0.3 is 28.2 Å². The zero-order valence-corrected chi connectivity index (χ0v) is 22.1. The van der Waals surface area contributed by atoms with Gasteiger partial charge in [-0.3, -0.25) is 0 Å². The smallest absolute Gasteiger partial charge is 0.231 e. The van der Waals surface area contributed by atoms with E-state index in [0.717, 1.165) is 58.7 Å². The Morgan fingerprint density at radius 1 is 1.08 bits per heavy atom. The zero-order chi connectivity index (χ0) is 25.3. The van der Waals surface area contributed by atoms with Crippen LogP contribution in [0.4, 0.5) is 0 Å². The third-order valence-electron chi connectivity index (χ3n) is 8.53. The van der Waals surface area contributed by atoms with E-state index in [-0.39, 0.29) is 30.5 Å². The number of nitrogens with zero attached hydrogens (tertiary/aromatic N) is 1. The summed E-state index contributed by atoms with van der Waals surface area (Å²) in [6.07, 6.45) is 2.76. The molecule has 0 N–H and O–H groups in total. The summed E-state index contributed by atoms with van der Waals surface area (Å²) in [6, 6.07) is 10.3. The number of fused-ring (bicyclic) bond motifs is 5. The highest BCUT2D eigenvalue weighted by Crippen LogP contribution is 2.53. The Balaban J connectivity index is 1.38. The van der Waals surface area contributed by atoms with Gasteiger partial charge in [0, 0.05) is 17.9 Å². The third kappa shape index (κ3) is 3.64. The van der Waals surface area contributed by atoms with E-state index in [1.807, 2.05) is 12.1 Å². The molecule has 0 aromatic heterocycles. The van der Waals surface area contributed by atoms with Crippen LogP contribution in [0.25, 0.3) is 0 Å². The van der Waals surface area contributed by atoms with Gasteiger partial charge in [0.05, 0.1) is 39.4 Å². The van der Waals surface area contributed by atoms with E-state index < -0.39 is 5.60 Å². The standard InChI is InChI=1S/C30H36NO5/c1-29(2)21-11-14-30(3,36-26(21)20-9-7-8-10-23(20)35-29)15-12-22-25-19(13-16-31(22,4)5)17-24-27(28(25)32-6)34-18-33-24/h7-10,17,21-22,26H,11,13-14,16,18H2,1-6H3/q+1/t21-,22-,26-,30+/m0/s1. The highest BCUT2D eigenvalue weighted by molar-refractivity contribution is 5.62. The normalized spacial score (nSPS) is 30.6. The van der Waals surface area contributed by atoms with E-state index in [1.54, 1.807) is 7.11 Å². The van der Waals surface area contributed by atoms with Gasteiger partial charge in [-0.1, -0.05) is 24.1 Å². The Hall–Kier alpha value is -2.88. The number of hydrogen-bond acceptors (Lipinski definition) is 5. The van der Waals surface area contributed by atoms with Crippen molar-refractivity contribution in [1.82, 2.24) is 0 Å². The number of ether oxygens (including phenoxy) is 5. The molecule has 2 aromatic rings. The summed E-state index contributed by atoms with van der Waals surface area (Å²) in [5, 5.41) is 0. The van der Waals surface area contributed by atoms with Gasteiger partial charge in [-0.2, -0.15) is 0 Å². The Labute approximate surface area is 214 Å². The van der Waals surface area contributed by atoms with Crippen molar-refractivity contribution < 1.29 is 28.2 Å². The lowest BCUT2D eigenvalue weighted by atomic mass is 9.73. The van der Waals surface area contributed by atoms with Crippen molar-refractivity contribution >= 4 is 0 Å². The molecule has 0 aliphatic carbocycles. The van der Waals surface area contributed by atoms with E-state index in [9.17, 15) is 0 Å². The minimum Gasteiger partial charge on any atom is -0.492 e. The molecule has 0 spiro atoms. The number of likely N-dealkylation sites (N-methyl/N-ethyl adjacent to an activating group) is 1. The van der Waals surface area contributed by atoms with Crippen molar-refractivity contribution in [2.24, 2.45) is 5.92 Å². The zero-order valence-electron chi connectivity index (χ0n) is 22.1. The van der Waals surface area contributed by atoms with Crippen LogP contribution in [-0.2, 0) is 11.2 Å². The van der Waals surface area contributed by atoms with E-state index in [4.69, 9.17) is 23.7 Å². The first-order valence-corrected chi connectivity index (χ1v) is 12.9. The molecule has 6 nitrogen and oxygen atoms in total. The minimum atomic E-state index is -0.553. The molecule has 0 saturated carbocycles. The number of rotatable bonds is 1. The lowest BCUT2D eigenvalue weighted by molar-refractivity contribution is -0.914. The van der Waals surface area contributed by atoms with E-state index in [0.29, 0.717) is 5.75 Å². The average Bonchev–Trinajstić information content (AvgIpc) is 3.30. The number of methoxy groups -OCH3 is 1. The predicted molar refractivity (Wildman–Crippen MR) is 136 cm³/mol. The summed E-state index contributed by atoms with van der Waals surface area (Å²) in [4.78, 5) is 0. The Bertz CT molecular complexity index is 1270. The molecule has 1 fully saturated rings. The van der Waals surface area contributed by atoms with Crippen LogP contribution in [0.15, 0.2) is 30.3 Å². The molecule has 4 aliphatic rings. The van der Waals surface area contributed by atoms with Crippen LogP contribution in [0.5, 0.6) is 23.0 Å². The monoisotopic (exact) mass is 490 g/mol. The molecule has 6 heteroatoms. The summed E-state index contributed by atoms with van der Waals surface area (Å²) in [7, 11) is 6.18. The molecule has 0 bridgehead atoms. The van der Waals surface area contributed by atoms with Crippen molar-refractivity contribution in [3.63, 3.8) is 0 Å². The van der Waals surface area contributed by atoms with Crippen LogP contribution in [0.1, 0.15) is 62.4 Å². The molecule has 0 radical (unpaired) electrons. The van der Waals surface area contributed by atoms with Crippen molar-refractivity contribution in [3.8, 4) is 34.8 Å². The second-order valence-corrected chi connectivity index (χ2v) is 11.8. The van der Waals surface area contributed by atoms with Gasteiger partial charge in [0.15, 0.2) is 17.5 Å². The summed E-state index contributed by atoms with van der Waals surface area (Å²) < 4.78 is 31.4. The fraction of sp³-hybridized carbons (Fsp3) is 0.533. The summed E-state index contributed by atoms with van der Waals surface area (Å²) in [5.74, 6) is 10.7. The highest BCUT2D eigenvalue weighted by atomic mass is 16.7. The molecular formula is C30H36NO5+. The Kier molecular flexibility index (Phi) is 5.27. The van der Waals surface area contributed by atoms with Crippen molar-refractivity contribution in [3.05, 3.63) is 47.0 Å². The van der Waals surface area contributed by atoms with Crippen LogP contribution < -0.4 is 18.9 Å². The van der Waals surface area contributed by atoms with Crippen molar-refractivity contribution in [1.29, 1.82) is 0 Å². The third-order valence-corrected chi connectivity index (χ3v) is 8.53. The van der Waals surface area contributed by atoms with Gasteiger partial charge in [-0.05, 0) is 57.2 Å².